The maximum Gasteiger partial charge on any atom is 0.341 e. The van der Waals surface area contributed by atoms with Gasteiger partial charge in [-0.25, -0.2) is 15.7 Å². The first-order valence-electron chi connectivity index (χ1n) is 6.61. The Balaban J connectivity index is 2.64. The van der Waals surface area contributed by atoms with Crippen LogP contribution in [0.4, 0.5) is 0 Å². The maximum atomic E-state index is 11.4. The second-order valence-electron chi connectivity index (χ2n) is 5.08. The number of hydrogen-bond donors (Lipinski definition) is 2. The van der Waals surface area contributed by atoms with Crippen LogP contribution < -0.4 is 0 Å². The fourth-order valence-corrected chi connectivity index (χ4v) is 4.24. The summed E-state index contributed by atoms with van der Waals surface area (Å²) in [4.78, 5) is 22.6. The molecule has 7 heteroatoms. The van der Waals surface area contributed by atoms with Gasteiger partial charge in [-0.1, -0.05) is 19.3 Å². The van der Waals surface area contributed by atoms with E-state index in [1.54, 1.807) is 0 Å². The van der Waals surface area contributed by atoms with E-state index in [-0.39, 0.29) is 20.6 Å². The minimum Gasteiger partial charge on any atom is -0.478 e. The van der Waals surface area contributed by atoms with Crippen molar-refractivity contribution in [3.8, 4) is 0 Å². The summed E-state index contributed by atoms with van der Waals surface area (Å²) in [6, 6.07) is 2.26. The van der Waals surface area contributed by atoms with Crippen molar-refractivity contribution < 1.29 is 25.9 Å². The Bertz CT molecular complexity index is 648. The second kappa shape index (κ2) is 6.50. The summed E-state index contributed by atoms with van der Waals surface area (Å²) < 4.78 is 22.2. The zero-order chi connectivity index (χ0) is 15.6. The molecule has 2 rings (SSSR count). The monoisotopic (exact) mass is 406 g/mol. The summed E-state index contributed by atoms with van der Waals surface area (Å²) >= 11 is -4.08. The van der Waals surface area contributed by atoms with Crippen LogP contribution in [0.15, 0.2) is 12.1 Å². The third-order valence-corrected chi connectivity index (χ3v) is 5.65. The van der Waals surface area contributed by atoms with Gasteiger partial charge in [-0.3, -0.25) is 0 Å². The molecular formula is C14H15IO6. The van der Waals surface area contributed by atoms with Crippen LogP contribution in [0.25, 0.3) is 0 Å². The summed E-state index contributed by atoms with van der Waals surface area (Å²) in [5.74, 6) is -2.57. The molecular weight excluding hydrogens is 391 g/mol. The fraction of sp³-hybridized carbons (Fsp3) is 0.429. The first kappa shape index (κ1) is 15.9. The highest BCUT2D eigenvalue weighted by Crippen LogP contribution is 2.37. The molecule has 1 fully saturated rings. The van der Waals surface area contributed by atoms with Crippen molar-refractivity contribution in [3.63, 3.8) is 0 Å². The first-order chi connectivity index (χ1) is 9.91. The molecule has 2 N–H and O–H groups in total. The minimum absolute atomic E-state index is 0.0162. The van der Waals surface area contributed by atoms with Crippen molar-refractivity contribution >= 4 is 31.7 Å². The van der Waals surface area contributed by atoms with Crippen LogP contribution in [0, 0.1) is 3.57 Å². The van der Waals surface area contributed by atoms with E-state index in [1.807, 2.05) is 0 Å². The van der Waals surface area contributed by atoms with Crippen molar-refractivity contribution in [1.82, 2.24) is 0 Å². The number of carboxylic acid groups (broad SMARTS) is 2. The van der Waals surface area contributed by atoms with Crippen molar-refractivity contribution in [2.75, 3.05) is 0 Å². The Labute approximate surface area is 128 Å². The predicted octanol–water partition coefficient (Wildman–Crippen LogP) is 3.50. The van der Waals surface area contributed by atoms with E-state index < -0.39 is 31.7 Å². The van der Waals surface area contributed by atoms with E-state index in [0.29, 0.717) is 5.56 Å². The molecule has 1 aromatic carbocycles. The van der Waals surface area contributed by atoms with Gasteiger partial charge in [-0.05, 0) is 36.5 Å². The molecule has 1 aromatic rings. The Morgan fingerprint density at radius 2 is 1.52 bits per heavy atom. The number of hydrogen-bond acceptors (Lipinski definition) is 4. The molecule has 0 aromatic heterocycles. The maximum absolute atomic E-state index is 11.4. The van der Waals surface area contributed by atoms with E-state index in [0.717, 1.165) is 38.2 Å². The summed E-state index contributed by atoms with van der Waals surface area (Å²) in [6.45, 7) is 0. The largest absolute Gasteiger partial charge is 0.478 e. The topological polar surface area (TPSA) is 109 Å². The molecule has 21 heavy (non-hydrogen) atoms. The standard InChI is InChI=1S/C14H15IO6/c16-13(17)10-7-12(15(20)21)11(14(18)19)6-9(10)8-4-2-1-3-5-8/h6-8H,1-5H2,(H,16,17)(H,18,19). The van der Waals surface area contributed by atoms with Gasteiger partial charge < -0.3 is 10.2 Å². The highest BCUT2D eigenvalue weighted by atomic mass is 127. The van der Waals surface area contributed by atoms with Crippen LogP contribution in [0.5, 0.6) is 0 Å². The highest BCUT2D eigenvalue weighted by molar-refractivity contribution is 14.2. The second-order valence-corrected chi connectivity index (χ2v) is 7.48. The van der Waals surface area contributed by atoms with Crippen LogP contribution >= 0.6 is 19.8 Å². The number of carboxylic acids is 2. The van der Waals surface area contributed by atoms with Gasteiger partial charge in [-0.15, -0.1) is 0 Å². The van der Waals surface area contributed by atoms with Gasteiger partial charge in [0.1, 0.15) is 0 Å². The van der Waals surface area contributed by atoms with E-state index in [9.17, 15) is 20.8 Å². The number of benzene rings is 1. The summed E-state index contributed by atoms with van der Waals surface area (Å²) in [6.07, 6.45) is 4.62. The van der Waals surface area contributed by atoms with Gasteiger partial charge in [-0.2, -0.15) is 0 Å². The average molecular weight is 406 g/mol. The number of aromatic carboxylic acids is 2. The zero-order valence-electron chi connectivity index (χ0n) is 11.2. The lowest BCUT2D eigenvalue weighted by atomic mass is 9.81. The van der Waals surface area contributed by atoms with Crippen molar-refractivity contribution in [1.29, 1.82) is 0 Å². The molecule has 114 valence electrons. The molecule has 0 atom stereocenters. The lowest BCUT2D eigenvalue weighted by Crippen LogP contribution is -2.14. The Hall–Kier alpha value is -1.51. The predicted molar refractivity (Wildman–Crippen MR) is 80.3 cm³/mol. The summed E-state index contributed by atoms with van der Waals surface area (Å²) in [5.41, 5.74) is 0.0488. The molecule has 0 heterocycles. The Kier molecular flexibility index (Phi) is 4.92. The van der Waals surface area contributed by atoms with Crippen molar-refractivity contribution in [3.05, 3.63) is 32.4 Å². The third kappa shape index (κ3) is 3.39. The molecule has 0 spiro atoms. The van der Waals surface area contributed by atoms with Gasteiger partial charge in [0.25, 0.3) is 0 Å². The van der Waals surface area contributed by atoms with Gasteiger partial charge in [0.2, 0.25) is 0 Å². The molecule has 0 aliphatic heterocycles. The summed E-state index contributed by atoms with van der Waals surface area (Å²) in [7, 11) is 0. The molecule has 0 unspecified atom stereocenters. The quantitative estimate of drug-likeness (QED) is 0.741. The summed E-state index contributed by atoms with van der Waals surface area (Å²) in [5, 5.41) is 18.5. The molecule has 0 bridgehead atoms. The number of halogens is 1. The number of rotatable bonds is 4. The number of carbonyl (C=O) groups is 2. The van der Waals surface area contributed by atoms with Gasteiger partial charge in [0.05, 0.1) is 14.7 Å². The SMILES string of the molecule is O=C(O)c1cc(I(=O)=O)c(C(=O)O)cc1C1CCCCC1. The van der Waals surface area contributed by atoms with Gasteiger partial charge in [0.15, 0.2) is 0 Å². The lowest BCUT2D eigenvalue weighted by Gasteiger charge is -2.24. The van der Waals surface area contributed by atoms with Crippen LogP contribution in [0.1, 0.15) is 64.3 Å². The van der Waals surface area contributed by atoms with E-state index in [2.05, 4.69) is 0 Å². The molecule has 0 saturated heterocycles. The molecule has 1 aliphatic carbocycles. The Morgan fingerprint density at radius 3 is 2.00 bits per heavy atom. The highest BCUT2D eigenvalue weighted by Gasteiger charge is 2.26. The first-order valence-corrected chi connectivity index (χ1v) is 9.45. The smallest absolute Gasteiger partial charge is 0.341 e. The van der Waals surface area contributed by atoms with Crippen LogP contribution in [-0.2, 0) is 6.14 Å². The third-order valence-electron chi connectivity index (χ3n) is 3.81. The normalized spacial score (nSPS) is 16.0. The van der Waals surface area contributed by atoms with Crippen LogP contribution in [0.3, 0.4) is 0 Å². The Morgan fingerprint density at radius 1 is 0.952 bits per heavy atom. The average Bonchev–Trinajstić information content (AvgIpc) is 2.46. The fourth-order valence-electron chi connectivity index (χ4n) is 2.82. The minimum atomic E-state index is -4.08. The van der Waals surface area contributed by atoms with Crippen LogP contribution in [-0.4, -0.2) is 22.2 Å². The molecule has 6 nitrogen and oxygen atoms in total. The lowest BCUT2D eigenvalue weighted by molar-refractivity contribution is 0.0678. The zero-order valence-corrected chi connectivity index (χ0v) is 13.3. The van der Waals surface area contributed by atoms with Crippen molar-refractivity contribution in [2.45, 2.75) is 38.0 Å². The molecule has 0 amide bonds. The molecule has 0 radical (unpaired) electrons. The van der Waals surface area contributed by atoms with Gasteiger partial charge in [0, 0.05) is 0 Å². The van der Waals surface area contributed by atoms with Crippen LogP contribution in [0.2, 0.25) is 0 Å². The molecule has 1 saturated carbocycles. The molecule has 1 aliphatic rings. The van der Waals surface area contributed by atoms with Gasteiger partial charge >= 0.3 is 31.7 Å². The van der Waals surface area contributed by atoms with Crippen molar-refractivity contribution in [2.24, 2.45) is 0 Å². The van der Waals surface area contributed by atoms with E-state index in [1.165, 1.54) is 6.07 Å². The van der Waals surface area contributed by atoms with E-state index >= 15 is 0 Å². The van der Waals surface area contributed by atoms with E-state index in [4.69, 9.17) is 5.11 Å².